The van der Waals surface area contributed by atoms with Crippen LogP contribution in [0.5, 0.6) is 0 Å². The van der Waals surface area contributed by atoms with Crippen LogP contribution in [0.4, 0.5) is 0 Å². The summed E-state index contributed by atoms with van der Waals surface area (Å²) in [4.78, 5) is 28.2. The van der Waals surface area contributed by atoms with Gasteiger partial charge in [-0.05, 0) is 30.5 Å². The van der Waals surface area contributed by atoms with E-state index in [1.807, 2.05) is 54.8 Å². The van der Waals surface area contributed by atoms with E-state index >= 15 is 0 Å². The van der Waals surface area contributed by atoms with Gasteiger partial charge in [-0.25, -0.2) is 9.97 Å². The number of H-pyrrole nitrogens is 1. The van der Waals surface area contributed by atoms with Gasteiger partial charge in [-0.3, -0.25) is 9.69 Å². The molecule has 0 radical (unpaired) electrons. The first-order valence-corrected chi connectivity index (χ1v) is 10.5. The lowest BCUT2D eigenvalue weighted by Crippen LogP contribution is -2.35. The van der Waals surface area contributed by atoms with Gasteiger partial charge in [-0.2, -0.15) is 0 Å². The third-order valence-corrected chi connectivity index (χ3v) is 6.07. The van der Waals surface area contributed by atoms with Crippen molar-refractivity contribution in [1.29, 1.82) is 0 Å². The molecule has 0 saturated heterocycles. The summed E-state index contributed by atoms with van der Waals surface area (Å²) in [6.45, 7) is 3.98. The van der Waals surface area contributed by atoms with Crippen molar-refractivity contribution < 1.29 is 4.42 Å². The average Bonchev–Trinajstić information content (AvgIpc) is 3.40. The highest BCUT2D eigenvalue weighted by atomic mass is 32.1. The number of aromatic nitrogens is 3. The molecule has 29 heavy (non-hydrogen) atoms. The van der Waals surface area contributed by atoms with Crippen molar-refractivity contribution in [2.75, 3.05) is 6.54 Å². The number of nitrogens with zero attached hydrogens (tertiary/aromatic N) is 3. The molecule has 0 bridgehead atoms. The van der Waals surface area contributed by atoms with Crippen LogP contribution in [0, 0.1) is 6.92 Å². The van der Waals surface area contributed by atoms with E-state index in [0.29, 0.717) is 24.8 Å². The summed E-state index contributed by atoms with van der Waals surface area (Å²) in [5.74, 6) is 2.11. The van der Waals surface area contributed by atoms with Gasteiger partial charge in [0.2, 0.25) is 5.89 Å². The fraction of sp³-hybridized carbons (Fsp3) is 0.227. The van der Waals surface area contributed by atoms with Crippen molar-refractivity contribution in [2.24, 2.45) is 0 Å². The summed E-state index contributed by atoms with van der Waals surface area (Å²) in [6.07, 6.45) is 0.750. The molecule has 1 aliphatic rings. The van der Waals surface area contributed by atoms with E-state index in [0.717, 1.165) is 46.1 Å². The van der Waals surface area contributed by atoms with Gasteiger partial charge in [-0.15, -0.1) is 11.3 Å². The summed E-state index contributed by atoms with van der Waals surface area (Å²) in [5, 5.41) is 1.99. The van der Waals surface area contributed by atoms with Crippen LogP contribution in [0.1, 0.15) is 22.7 Å². The molecule has 0 saturated carbocycles. The lowest BCUT2D eigenvalue weighted by atomic mass is 10.1. The Kier molecular flexibility index (Phi) is 4.61. The maximum atomic E-state index is 12.7. The lowest BCUT2D eigenvalue weighted by Gasteiger charge is -2.27. The van der Waals surface area contributed by atoms with Crippen LogP contribution >= 0.6 is 11.3 Å². The van der Waals surface area contributed by atoms with E-state index < -0.39 is 0 Å². The molecular weight excluding hydrogens is 384 g/mol. The molecule has 0 fully saturated rings. The second-order valence-electron chi connectivity index (χ2n) is 7.17. The number of aromatic amines is 1. The lowest BCUT2D eigenvalue weighted by molar-refractivity contribution is 0.238. The SMILES string of the molecule is Cc1oc(-c2ccccc2)nc1CN1CCc2nc(-c3cccs3)[nH]c(=O)c2C1. The first-order valence-electron chi connectivity index (χ1n) is 9.57. The number of hydrogen-bond acceptors (Lipinski definition) is 6. The van der Waals surface area contributed by atoms with Crippen LogP contribution in [0.15, 0.2) is 57.1 Å². The molecule has 5 rings (SSSR count). The molecular formula is C22H20N4O2S. The fourth-order valence-electron chi connectivity index (χ4n) is 3.64. The van der Waals surface area contributed by atoms with Crippen molar-refractivity contribution in [1.82, 2.24) is 19.9 Å². The minimum Gasteiger partial charge on any atom is -0.441 e. The second-order valence-corrected chi connectivity index (χ2v) is 8.11. The zero-order valence-corrected chi connectivity index (χ0v) is 16.8. The molecule has 4 heterocycles. The minimum absolute atomic E-state index is 0.0510. The zero-order valence-electron chi connectivity index (χ0n) is 16.0. The molecule has 0 amide bonds. The molecule has 1 aliphatic heterocycles. The Morgan fingerprint density at radius 2 is 2.03 bits per heavy atom. The fourth-order valence-corrected chi connectivity index (χ4v) is 4.31. The van der Waals surface area contributed by atoms with Gasteiger partial charge in [0.05, 0.1) is 21.8 Å². The van der Waals surface area contributed by atoms with E-state index in [4.69, 9.17) is 14.4 Å². The van der Waals surface area contributed by atoms with Crippen molar-refractivity contribution in [3.63, 3.8) is 0 Å². The molecule has 7 heteroatoms. The summed E-state index contributed by atoms with van der Waals surface area (Å²) < 4.78 is 5.88. The summed E-state index contributed by atoms with van der Waals surface area (Å²) >= 11 is 1.58. The first-order chi connectivity index (χ1) is 14.2. The molecule has 0 spiro atoms. The smallest absolute Gasteiger partial charge is 0.255 e. The molecule has 0 aliphatic carbocycles. The monoisotopic (exact) mass is 404 g/mol. The molecule has 6 nitrogen and oxygen atoms in total. The Bertz CT molecular complexity index is 1200. The van der Waals surface area contributed by atoms with Crippen molar-refractivity contribution >= 4 is 11.3 Å². The van der Waals surface area contributed by atoms with Crippen LogP contribution in [-0.2, 0) is 19.5 Å². The van der Waals surface area contributed by atoms with E-state index in [2.05, 4.69) is 9.88 Å². The maximum Gasteiger partial charge on any atom is 0.255 e. The summed E-state index contributed by atoms with van der Waals surface area (Å²) in [6, 6.07) is 13.8. The molecule has 3 aromatic heterocycles. The van der Waals surface area contributed by atoms with E-state index in [-0.39, 0.29) is 5.56 Å². The highest BCUT2D eigenvalue weighted by Crippen LogP contribution is 2.25. The van der Waals surface area contributed by atoms with Crippen LogP contribution in [0.3, 0.4) is 0 Å². The van der Waals surface area contributed by atoms with Gasteiger partial charge in [0.25, 0.3) is 5.56 Å². The minimum atomic E-state index is -0.0510. The number of fused-ring (bicyclic) bond motifs is 1. The molecule has 1 aromatic carbocycles. The third-order valence-electron chi connectivity index (χ3n) is 5.19. The van der Waals surface area contributed by atoms with E-state index in [1.165, 1.54) is 0 Å². The number of benzene rings is 1. The Balaban J connectivity index is 1.37. The third kappa shape index (κ3) is 3.54. The second kappa shape index (κ2) is 7.42. The largest absolute Gasteiger partial charge is 0.441 e. The van der Waals surface area contributed by atoms with Crippen LogP contribution < -0.4 is 5.56 Å². The highest BCUT2D eigenvalue weighted by Gasteiger charge is 2.23. The van der Waals surface area contributed by atoms with E-state index in [9.17, 15) is 4.79 Å². The molecule has 0 atom stereocenters. The van der Waals surface area contributed by atoms with Gasteiger partial charge in [0, 0.05) is 31.6 Å². The van der Waals surface area contributed by atoms with Gasteiger partial charge in [-0.1, -0.05) is 24.3 Å². The predicted octanol–water partition coefficient (Wildman–Crippen LogP) is 4.02. The quantitative estimate of drug-likeness (QED) is 0.556. The highest BCUT2D eigenvalue weighted by molar-refractivity contribution is 7.13. The number of thiophene rings is 1. The van der Waals surface area contributed by atoms with Crippen LogP contribution in [-0.4, -0.2) is 26.4 Å². The average molecular weight is 404 g/mol. The summed E-state index contributed by atoms with van der Waals surface area (Å²) in [5.41, 5.74) is 3.47. The van der Waals surface area contributed by atoms with Crippen molar-refractivity contribution in [2.45, 2.75) is 26.4 Å². The molecule has 1 N–H and O–H groups in total. The zero-order chi connectivity index (χ0) is 19.8. The number of rotatable bonds is 4. The normalized spacial score (nSPS) is 14.1. The predicted molar refractivity (Wildman–Crippen MR) is 113 cm³/mol. The van der Waals surface area contributed by atoms with Gasteiger partial charge in [0.15, 0.2) is 5.82 Å². The first kappa shape index (κ1) is 18.0. The van der Waals surface area contributed by atoms with Gasteiger partial charge >= 0.3 is 0 Å². The molecule has 146 valence electrons. The molecule has 4 aromatic rings. The Morgan fingerprint density at radius 3 is 2.83 bits per heavy atom. The topological polar surface area (TPSA) is 75.0 Å². The van der Waals surface area contributed by atoms with Crippen LogP contribution in [0.2, 0.25) is 0 Å². The number of nitrogens with one attached hydrogen (secondary N) is 1. The Hall–Kier alpha value is -3.03. The maximum absolute atomic E-state index is 12.7. The number of oxazole rings is 1. The Labute approximate surface area is 171 Å². The number of aryl methyl sites for hydroxylation is 1. The van der Waals surface area contributed by atoms with Crippen molar-refractivity contribution in [3.8, 4) is 22.2 Å². The standard InChI is InChI=1S/C22H20N4O2S/c1-14-18(24-22(28-14)15-6-3-2-4-7-15)13-26-10-9-17-16(12-26)21(27)25-20(23-17)19-8-5-11-29-19/h2-8,11H,9-10,12-13H2,1H3,(H,23,25,27). The van der Waals surface area contributed by atoms with Crippen molar-refractivity contribution in [3.05, 3.63) is 80.9 Å². The summed E-state index contributed by atoms with van der Waals surface area (Å²) in [7, 11) is 0. The van der Waals surface area contributed by atoms with Crippen LogP contribution in [0.25, 0.3) is 22.2 Å². The molecule has 0 unspecified atom stereocenters. The van der Waals surface area contributed by atoms with Gasteiger partial charge < -0.3 is 9.40 Å². The number of hydrogen-bond donors (Lipinski definition) is 1. The van der Waals surface area contributed by atoms with Gasteiger partial charge in [0.1, 0.15) is 5.76 Å². The Morgan fingerprint density at radius 1 is 1.17 bits per heavy atom. The van der Waals surface area contributed by atoms with E-state index in [1.54, 1.807) is 11.3 Å².